The lowest BCUT2D eigenvalue weighted by atomic mass is 10.2. The van der Waals surface area contributed by atoms with Gasteiger partial charge in [-0.05, 0) is 60.3 Å². The molecule has 0 atom stereocenters. The zero-order valence-electron chi connectivity index (χ0n) is 13.5. The van der Waals surface area contributed by atoms with Crippen LogP contribution < -0.4 is 5.32 Å². The standard InChI is InChI=1S/C20H15ClN2OS/c1-13-12-15(21)6-7-16(13)22-20(24)18-8-9-19(25-18)23-11-10-14-4-2-3-5-17(14)23/h2-12H,1H3,(H,22,24). The van der Waals surface area contributed by atoms with Gasteiger partial charge >= 0.3 is 0 Å². The van der Waals surface area contributed by atoms with Crippen LogP contribution in [0.4, 0.5) is 5.69 Å². The van der Waals surface area contributed by atoms with Crippen LogP contribution in [0.5, 0.6) is 0 Å². The van der Waals surface area contributed by atoms with Crippen molar-refractivity contribution in [3.8, 4) is 5.00 Å². The Hall–Kier alpha value is -2.56. The van der Waals surface area contributed by atoms with Crippen molar-refractivity contribution < 1.29 is 4.79 Å². The summed E-state index contributed by atoms with van der Waals surface area (Å²) in [5.74, 6) is -0.113. The molecule has 0 fully saturated rings. The second-order valence-corrected chi connectivity index (χ2v) is 7.29. The molecule has 25 heavy (non-hydrogen) atoms. The number of thiophene rings is 1. The summed E-state index contributed by atoms with van der Waals surface area (Å²) in [6.07, 6.45) is 2.03. The van der Waals surface area contributed by atoms with Gasteiger partial charge in [-0.1, -0.05) is 29.8 Å². The van der Waals surface area contributed by atoms with Crippen LogP contribution in [0.2, 0.25) is 5.02 Å². The van der Waals surface area contributed by atoms with E-state index in [1.54, 1.807) is 6.07 Å². The Balaban J connectivity index is 1.61. The number of amides is 1. The highest BCUT2D eigenvalue weighted by Gasteiger charge is 2.12. The monoisotopic (exact) mass is 366 g/mol. The Kier molecular flexibility index (Phi) is 4.07. The third-order valence-electron chi connectivity index (χ3n) is 4.09. The summed E-state index contributed by atoms with van der Waals surface area (Å²) in [6, 6.07) is 19.5. The molecule has 0 saturated carbocycles. The second-order valence-electron chi connectivity index (χ2n) is 5.80. The van der Waals surface area contributed by atoms with E-state index in [1.807, 2.05) is 49.5 Å². The van der Waals surface area contributed by atoms with Gasteiger partial charge in [0.1, 0.15) is 5.00 Å². The minimum atomic E-state index is -0.113. The number of nitrogens with zero attached hydrogens (tertiary/aromatic N) is 1. The van der Waals surface area contributed by atoms with Crippen LogP contribution in [-0.4, -0.2) is 10.5 Å². The van der Waals surface area contributed by atoms with Crippen molar-refractivity contribution in [1.82, 2.24) is 4.57 Å². The minimum Gasteiger partial charge on any atom is -0.321 e. The summed E-state index contributed by atoms with van der Waals surface area (Å²) in [5.41, 5.74) is 2.84. The third-order valence-corrected chi connectivity index (χ3v) is 5.41. The summed E-state index contributed by atoms with van der Waals surface area (Å²) in [4.78, 5) is 13.2. The fourth-order valence-electron chi connectivity index (χ4n) is 2.81. The molecular formula is C20H15ClN2OS. The number of anilines is 1. The van der Waals surface area contributed by atoms with Crippen LogP contribution in [0.25, 0.3) is 15.9 Å². The molecule has 0 aliphatic heterocycles. The van der Waals surface area contributed by atoms with Gasteiger partial charge in [-0.25, -0.2) is 0 Å². The van der Waals surface area contributed by atoms with E-state index in [9.17, 15) is 4.79 Å². The quantitative estimate of drug-likeness (QED) is 0.480. The molecule has 0 aliphatic carbocycles. The summed E-state index contributed by atoms with van der Waals surface area (Å²) in [7, 11) is 0. The zero-order chi connectivity index (χ0) is 17.4. The summed E-state index contributed by atoms with van der Waals surface area (Å²) in [5, 5.41) is 5.81. The maximum absolute atomic E-state index is 12.6. The van der Waals surface area contributed by atoms with Crippen LogP contribution in [0, 0.1) is 6.92 Å². The Labute approximate surface area is 154 Å². The van der Waals surface area contributed by atoms with Gasteiger partial charge in [0.15, 0.2) is 0 Å². The van der Waals surface area contributed by atoms with E-state index < -0.39 is 0 Å². The molecule has 0 aliphatic rings. The first-order chi connectivity index (χ1) is 12.1. The van der Waals surface area contributed by atoms with Crippen molar-refractivity contribution >= 4 is 45.4 Å². The maximum atomic E-state index is 12.6. The lowest BCUT2D eigenvalue weighted by Crippen LogP contribution is -2.11. The SMILES string of the molecule is Cc1cc(Cl)ccc1NC(=O)c1ccc(-n2ccc3ccccc32)s1. The first kappa shape index (κ1) is 15.9. The molecule has 4 rings (SSSR count). The molecule has 2 heterocycles. The van der Waals surface area contributed by atoms with Gasteiger partial charge in [-0.3, -0.25) is 4.79 Å². The van der Waals surface area contributed by atoms with Gasteiger partial charge in [0.05, 0.1) is 10.4 Å². The van der Waals surface area contributed by atoms with Crippen LogP contribution in [-0.2, 0) is 0 Å². The van der Waals surface area contributed by atoms with Crippen molar-refractivity contribution in [2.24, 2.45) is 0 Å². The number of nitrogens with one attached hydrogen (secondary N) is 1. The molecule has 0 unspecified atom stereocenters. The van der Waals surface area contributed by atoms with Gasteiger partial charge in [0.25, 0.3) is 5.91 Å². The normalized spacial score (nSPS) is 11.0. The van der Waals surface area contributed by atoms with E-state index >= 15 is 0 Å². The zero-order valence-corrected chi connectivity index (χ0v) is 15.1. The molecule has 124 valence electrons. The maximum Gasteiger partial charge on any atom is 0.265 e. The number of benzene rings is 2. The highest BCUT2D eigenvalue weighted by molar-refractivity contribution is 7.16. The van der Waals surface area contributed by atoms with Crippen LogP contribution in [0.15, 0.2) is 66.9 Å². The molecule has 2 aromatic carbocycles. The van der Waals surface area contributed by atoms with Crippen molar-refractivity contribution in [1.29, 1.82) is 0 Å². The van der Waals surface area contributed by atoms with E-state index in [1.165, 1.54) is 16.7 Å². The lowest BCUT2D eigenvalue weighted by molar-refractivity contribution is 0.103. The fourth-order valence-corrected chi connectivity index (χ4v) is 3.93. The van der Waals surface area contributed by atoms with E-state index in [0.717, 1.165) is 21.8 Å². The van der Waals surface area contributed by atoms with E-state index in [0.29, 0.717) is 9.90 Å². The number of hydrogen-bond acceptors (Lipinski definition) is 2. The highest BCUT2D eigenvalue weighted by Crippen LogP contribution is 2.27. The van der Waals surface area contributed by atoms with Crippen LogP contribution in [0.1, 0.15) is 15.2 Å². The summed E-state index contributed by atoms with van der Waals surface area (Å²) in [6.45, 7) is 1.92. The van der Waals surface area contributed by atoms with Gasteiger partial charge in [-0.15, -0.1) is 11.3 Å². The predicted molar refractivity (Wildman–Crippen MR) is 105 cm³/mol. The van der Waals surface area contributed by atoms with E-state index in [2.05, 4.69) is 28.1 Å². The molecule has 0 saturated heterocycles. The molecule has 1 N–H and O–H groups in total. The average Bonchev–Trinajstić information content (AvgIpc) is 3.23. The molecule has 5 heteroatoms. The second kappa shape index (κ2) is 6.39. The molecule has 3 nitrogen and oxygen atoms in total. The first-order valence-corrected chi connectivity index (χ1v) is 9.05. The van der Waals surface area contributed by atoms with Gasteiger partial charge < -0.3 is 9.88 Å². The predicted octanol–water partition coefficient (Wildman–Crippen LogP) is 5.91. The Morgan fingerprint density at radius 1 is 1.08 bits per heavy atom. The van der Waals surface area contributed by atoms with Gasteiger partial charge in [0.2, 0.25) is 0 Å². The average molecular weight is 367 g/mol. The molecule has 4 aromatic rings. The number of carbonyl (C=O) groups is 1. The van der Waals surface area contributed by atoms with Crippen molar-refractivity contribution in [2.45, 2.75) is 6.92 Å². The number of rotatable bonds is 3. The number of carbonyl (C=O) groups excluding carboxylic acids is 1. The summed E-state index contributed by atoms with van der Waals surface area (Å²) < 4.78 is 2.10. The van der Waals surface area contributed by atoms with Crippen LogP contribution >= 0.6 is 22.9 Å². The number of fused-ring (bicyclic) bond motifs is 1. The molecule has 0 spiro atoms. The minimum absolute atomic E-state index is 0.113. The Bertz CT molecular complexity index is 1080. The Morgan fingerprint density at radius 2 is 1.92 bits per heavy atom. The van der Waals surface area contributed by atoms with E-state index in [-0.39, 0.29) is 5.91 Å². The largest absolute Gasteiger partial charge is 0.321 e. The number of para-hydroxylation sites is 1. The van der Waals surface area contributed by atoms with Gasteiger partial charge in [-0.2, -0.15) is 0 Å². The van der Waals surface area contributed by atoms with Crippen molar-refractivity contribution in [2.75, 3.05) is 5.32 Å². The molecule has 1 amide bonds. The topological polar surface area (TPSA) is 34.0 Å². The number of aryl methyl sites for hydroxylation is 1. The summed E-state index contributed by atoms with van der Waals surface area (Å²) >= 11 is 7.43. The van der Waals surface area contributed by atoms with E-state index in [4.69, 9.17) is 11.6 Å². The molecule has 2 aromatic heterocycles. The first-order valence-electron chi connectivity index (χ1n) is 7.85. The molecule has 0 radical (unpaired) electrons. The van der Waals surface area contributed by atoms with Gasteiger partial charge in [0, 0.05) is 16.9 Å². The molecular weight excluding hydrogens is 352 g/mol. The number of aromatic nitrogens is 1. The van der Waals surface area contributed by atoms with Crippen LogP contribution in [0.3, 0.4) is 0 Å². The van der Waals surface area contributed by atoms with Crippen molar-refractivity contribution in [3.63, 3.8) is 0 Å². The Morgan fingerprint density at radius 3 is 2.76 bits per heavy atom. The molecule has 0 bridgehead atoms. The highest BCUT2D eigenvalue weighted by atomic mass is 35.5. The number of halogens is 1. The number of hydrogen-bond donors (Lipinski definition) is 1. The third kappa shape index (κ3) is 3.06. The van der Waals surface area contributed by atoms with Crippen molar-refractivity contribution in [3.05, 3.63) is 82.3 Å². The lowest BCUT2D eigenvalue weighted by Gasteiger charge is -2.07. The smallest absolute Gasteiger partial charge is 0.265 e. The fraction of sp³-hybridized carbons (Fsp3) is 0.0500.